The summed E-state index contributed by atoms with van der Waals surface area (Å²) in [5.74, 6) is -0.516. The van der Waals surface area contributed by atoms with Gasteiger partial charge in [0.05, 0.1) is 12.0 Å². The van der Waals surface area contributed by atoms with Crippen molar-refractivity contribution < 1.29 is 4.79 Å². The summed E-state index contributed by atoms with van der Waals surface area (Å²) in [7, 11) is 3.99. The van der Waals surface area contributed by atoms with Crippen LogP contribution in [0.25, 0.3) is 0 Å². The summed E-state index contributed by atoms with van der Waals surface area (Å²) in [4.78, 5) is 20.1. The van der Waals surface area contributed by atoms with E-state index >= 15 is 0 Å². The molecular weight excluding hydrogens is 394 g/mol. The van der Waals surface area contributed by atoms with Crippen LogP contribution in [-0.2, 0) is 4.79 Å². The number of allylic oxidation sites excluding steroid dienone is 2. The minimum atomic E-state index is -0.426. The molecule has 30 heavy (non-hydrogen) atoms. The summed E-state index contributed by atoms with van der Waals surface area (Å²) in [6.45, 7) is 1.90. The molecule has 0 fully saturated rings. The van der Waals surface area contributed by atoms with Gasteiger partial charge < -0.3 is 4.90 Å². The molecule has 0 radical (unpaired) electrons. The Balaban J connectivity index is 1.75. The Morgan fingerprint density at radius 3 is 2.27 bits per heavy atom. The van der Waals surface area contributed by atoms with Gasteiger partial charge >= 0.3 is 0 Å². The van der Waals surface area contributed by atoms with E-state index in [1.807, 2.05) is 74.4 Å². The predicted octanol–water partition coefficient (Wildman–Crippen LogP) is 5.50. The molecule has 3 atom stereocenters. The number of ketones is 1. The van der Waals surface area contributed by atoms with Gasteiger partial charge in [0.15, 0.2) is 5.78 Å². The molecule has 1 aliphatic carbocycles. The molecule has 4 rings (SSSR count). The summed E-state index contributed by atoms with van der Waals surface area (Å²) >= 11 is 6.03. The lowest BCUT2D eigenvalue weighted by Crippen LogP contribution is -2.32. The van der Waals surface area contributed by atoms with E-state index in [4.69, 9.17) is 16.6 Å². The van der Waals surface area contributed by atoms with E-state index < -0.39 is 5.92 Å². The quantitative estimate of drug-likeness (QED) is 0.662. The largest absolute Gasteiger partial charge is 0.378 e. The summed E-state index contributed by atoms with van der Waals surface area (Å²) in [5.41, 5.74) is 5.50. The maximum absolute atomic E-state index is 13.3. The molecule has 0 amide bonds. The number of halogens is 1. The van der Waals surface area contributed by atoms with Gasteiger partial charge in [0.2, 0.25) is 0 Å². The Kier molecular flexibility index (Phi) is 5.49. The normalized spacial score (nSPS) is 23.5. The number of benzene rings is 2. The first-order chi connectivity index (χ1) is 14.4. The van der Waals surface area contributed by atoms with Gasteiger partial charge in [-0.3, -0.25) is 9.79 Å². The Labute approximate surface area is 182 Å². The van der Waals surface area contributed by atoms with Crippen LogP contribution in [0.2, 0.25) is 5.02 Å². The first-order valence-electron chi connectivity index (χ1n) is 10.1. The fourth-order valence-electron chi connectivity index (χ4n) is 4.54. The molecule has 1 aliphatic heterocycles. The maximum atomic E-state index is 13.3. The van der Waals surface area contributed by atoms with Gasteiger partial charge in [0.1, 0.15) is 0 Å². The molecule has 0 saturated carbocycles. The van der Waals surface area contributed by atoms with Crippen molar-refractivity contribution in [1.82, 2.24) is 0 Å². The van der Waals surface area contributed by atoms with Crippen molar-refractivity contribution in [1.29, 1.82) is 5.26 Å². The van der Waals surface area contributed by atoms with Crippen molar-refractivity contribution in [3.8, 4) is 6.07 Å². The minimum Gasteiger partial charge on any atom is -0.378 e. The minimum absolute atomic E-state index is 0.0838. The summed E-state index contributed by atoms with van der Waals surface area (Å²) in [6.07, 6.45) is 1.13. The molecular formula is C25H24ClN3O. The predicted molar refractivity (Wildman–Crippen MR) is 121 cm³/mol. The zero-order valence-electron chi connectivity index (χ0n) is 17.4. The standard InChI is InChI=1S/C25H24ClN3O/c1-15-21(14-27)24(17-6-10-20(11-7-17)29(2)3)25-22(28-15)12-18(13-23(25)30)16-4-8-19(26)9-5-16/h4-11,18,21,24H,12-13H2,1-3H3/t18-,21?,24+/m1/s1. The van der Waals surface area contributed by atoms with Crippen LogP contribution < -0.4 is 4.90 Å². The number of hydrogen-bond acceptors (Lipinski definition) is 4. The molecule has 5 heteroatoms. The molecule has 0 saturated heterocycles. The molecule has 2 aliphatic rings. The third-order valence-corrected chi connectivity index (χ3v) is 6.39. The van der Waals surface area contributed by atoms with Crippen LogP contribution in [0.4, 0.5) is 5.69 Å². The third-order valence-electron chi connectivity index (χ3n) is 6.14. The molecule has 0 spiro atoms. The maximum Gasteiger partial charge on any atom is 0.161 e. The molecule has 0 bridgehead atoms. The van der Waals surface area contributed by atoms with E-state index in [0.29, 0.717) is 17.9 Å². The number of nitrogens with zero attached hydrogens (tertiary/aromatic N) is 3. The van der Waals surface area contributed by atoms with Crippen molar-refractivity contribution in [3.63, 3.8) is 0 Å². The molecule has 2 aromatic carbocycles. The highest BCUT2D eigenvalue weighted by atomic mass is 35.5. The van der Waals surface area contributed by atoms with Crippen molar-refractivity contribution in [3.05, 3.63) is 76.0 Å². The SMILES string of the molecule is CC1=NC2=C(C(=O)C[C@H](c3ccc(Cl)cc3)C2)[C@@H](c2ccc(N(C)C)cc2)C1C#N. The Morgan fingerprint density at radius 1 is 1.03 bits per heavy atom. The second-order valence-corrected chi connectivity index (χ2v) is 8.70. The molecule has 0 aromatic heterocycles. The van der Waals surface area contributed by atoms with Gasteiger partial charge in [-0.05, 0) is 54.7 Å². The summed E-state index contributed by atoms with van der Waals surface area (Å²) in [5, 5.41) is 10.6. The van der Waals surface area contributed by atoms with Crippen LogP contribution in [0.15, 0.2) is 64.8 Å². The van der Waals surface area contributed by atoms with E-state index in [9.17, 15) is 10.1 Å². The average molecular weight is 418 g/mol. The Hall–Kier alpha value is -2.90. The highest BCUT2D eigenvalue weighted by molar-refractivity contribution is 6.30. The van der Waals surface area contributed by atoms with E-state index in [2.05, 4.69) is 6.07 Å². The van der Waals surface area contributed by atoms with Crippen LogP contribution in [0, 0.1) is 17.2 Å². The fraction of sp³-hybridized carbons (Fsp3) is 0.320. The van der Waals surface area contributed by atoms with Crippen molar-refractivity contribution in [2.75, 3.05) is 19.0 Å². The number of rotatable bonds is 3. The lowest BCUT2D eigenvalue weighted by Gasteiger charge is -2.35. The van der Waals surface area contributed by atoms with E-state index in [-0.39, 0.29) is 17.6 Å². The van der Waals surface area contributed by atoms with E-state index in [1.54, 1.807) is 0 Å². The fourth-order valence-corrected chi connectivity index (χ4v) is 4.66. The van der Waals surface area contributed by atoms with Crippen LogP contribution in [0.3, 0.4) is 0 Å². The van der Waals surface area contributed by atoms with Crippen LogP contribution in [-0.4, -0.2) is 25.6 Å². The number of nitriles is 1. The van der Waals surface area contributed by atoms with Crippen LogP contribution in [0.5, 0.6) is 0 Å². The first-order valence-corrected chi connectivity index (χ1v) is 10.5. The number of hydrogen-bond donors (Lipinski definition) is 0. The lowest BCUT2D eigenvalue weighted by molar-refractivity contribution is -0.116. The van der Waals surface area contributed by atoms with E-state index in [0.717, 1.165) is 33.8 Å². The van der Waals surface area contributed by atoms with Crippen molar-refractivity contribution >= 4 is 28.8 Å². The molecule has 2 aromatic rings. The monoisotopic (exact) mass is 417 g/mol. The number of Topliss-reactive ketones (excluding diaryl/α,β-unsaturated/α-hetero) is 1. The van der Waals surface area contributed by atoms with Gasteiger partial charge in [-0.2, -0.15) is 5.26 Å². The molecule has 1 unspecified atom stereocenters. The van der Waals surface area contributed by atoms with Crippen molar-refractivity contribution in [2.45, 2.75) is 31.6 Å². The summed E-state index contributed by atoms with van der Waals surface area (Å²) < 4.78 is 0. The van der Waals surface area contributed by atoms with Gasteiger partial charge in [0, 0.05) is 54.1 Å². The number of anilines is 1. The number of aliphatic imine (C=N–C) groups is 1. The number of carbonyl (C=O) groups excluding carboxylic acids is 1. The van der Waals surface area contributed by atoms with Gasteiger partial charge in [-0.25, -0.2) is 0 Å². The first kappa shape index (κ1) is 20.4. The molecule has 4 nitrogen and oxygen atoms in total. The van der Waals surface area contributed by atoms with Crippen molar-refractivity contribution in [2.24, 2.45) is 10.9 Å². The van der Waals surface area contributed by atoms with E-state index in [1.165, 1.54) is 0 Å². The second-order valence-electron chi connectivity index (χ2n) is 8.26. The van der Waals surface area contributed by atoms with Gasteiger partial charge in [-0.1, -0.05) is 35.9 Å². The van der Waals surface area contributed by atoms with Crippen LogP contribution >= 0.6 is 11.6 Å². The number of carbonyl (C=O) groups is 1. The topological polar surface area (TPSA) is 56.5 Å². The highest BCUT2D eigenvalue weighted by Crippen LogP contribution is 2.46. The Morgan fingerprint density at radius 2 is 1.67 bits per heavy atom. The Bertz CT molecular complexity index is 1070. The molecule has 1 heterocycles. The second kappa shape index (κ2) is 8.08. The zero-order valence-corrected chi connectivity index (χ0v) is 18.1. The van der Waals surface area contributed by atoms with Gasteiger partial charge in [-0.15, -0.1) is 0 Å². The highest BCUT2D eigenvalue weighted by Gasteiger charge is 2.41. The third kappa shape index (κ3) is 3.66. The smallest absolute Gasteiger partial charge is 0.161 e. The lowest BCUT2D eigenvalue weighted by atomic mass is 9.69. The average Bonchev–Trinajstić information content (AvgIpc) is 2.73. The van der Waals surface area contributed by atoms with Crippen LogP contribution in [0.1, 0.15) is 42.7 Å². The van der Waals surface area contributed by atoms with Gasteiger partial charge in [0.25, 0.3) is 0 Å². The molecule has 152 valence electrons. The zero-order chi connectivity index (χ0) is 21.4. The summed E-state index contributed by atoms with van der Waals surface area (Å²) in [6, 6.07) is 18.2. The molecule has 0 N–H and O–H groups in total.